The van der Waals surface area contributed by atoms with Crippen molar-refractivity contribution in [2.24, 2.45) is 0 Å². The minimum Gasteiger partial charge on any atom is -0.496 e. The molecule has 0 aliphatic rings. The Morgan fingerprint density at radius 3 is 2.68 bits per heavy atom. The summed E-state index contributed by atoms with van der Waals surface area (Å²) in [6, 6.07) is 14.2. The lowest BCUT2D eigenvalue weighted by Crippen LogP contribution is -2.00. The first-order valence-electron chi connectivity index (χ1n) is 6.14. The minimum absolute atomic E-state index is 0.0782. The van der Waals surface area contributed by atoms with E-state index in [1.807, 2.05) is 24.3 Å². The van der Waals surface area contributed by atoms with E-state index >= 15 is 0 Å². The van der Waals surface area contributed by atoms with E-state index in [4.69, 9.17) is 16.3 Å². The van der Waals surface area contributed by atoms with Crippen LogP contribution in [-0.4, -0.2) is 7.11 Å². The molecule has 0 heterocycles. The molecule has 0 amide bonds. The van der Waals surface area contributed by atoms with Gasteiger partial charge in [-0.2, -0.15) is 0 Å². The van der Waals surface area contributed by atoms with Crippen LogP contribution in [0.5, 0.6) is 5.75 Å². The van der Waals surface area contributed by atoms with Crippen molar-refractivity contribution >= 4 is 27.5 Å². The standard InChI is InChI=1S/C16H16BrClO/c1-11-7-8-14(17)13(9-11)15(18)10-12-5-3-4-6-16(12)19-2/h3-9,15H,10H2,1-2H3. The van der Waals surface area contributed by atoms with E-state index in [-0.39, 0.29) is 5.38 Å². The third-order valence-electron chi connectivity index (χ3n) is 3.08. The Hall–Kier alpha value is -0.990. The molecule has 2 aromatic rings. The van der Waals surface area contributed by atoms with Crippen LogP contribution in [0, 0.1) is 6.92 Å². The number of ether oxygens (including phenoxy) is 1. The van der Waals surface area contributed by atoms with Crippen molar-refractivity contribution in [3.8, 4) is 5.75 Å². The molecule has 0 N–H and O–H groups in total. The van der Waals surface area contributed by atoms with E-state index in [9.17, 15) is 0 Å². The van der Waals surface area contributed by atoms with Crippen molar-refractivity contribution in [3.05, 3.63) is 63.6 Å². The quantitative estimate of drug-likeness (QED) is 0.688. The summed E-state index contributed by atoms with van der Waals surface area (Å²) in [7, 11) is 1.69. The van der Waals surface area contributed by atoms with Gasteiger partial charge in [-0.25, -0.2) is 0 Å². The molecule has 2 aromatic carbocycles. The van der Waals surface area contributed by atoms with Gasteiger partial charge in [0.05, 0.1) is 12.5 Å². The summed E-state index contributed by atoms with van der Waals surface area (Å²) >= 11 is 10.1. The van der Waals surface area contributed by atoms with Gasteiger partial charge in [-0.1, -0.05) is 51.8 Å². The number of aryl methyl sites for hydroxylation is 1. The van der Waals surface area contributed by atoms with Crippen LogP contribution in [-0.2, 0) is 6.42 Å². The lowest BCUT2D eigenvalue weighted by Gasteiger charge is -2.15. The van der Waals surface area contributed by atoms with Crippen LogP contribution in [0.2, 0.25) is 0 Å². The molecule has 3 heteroatoms. The van der Waals surface area contributed by atoms with Gasteiger partial charge in [0.2, 0.25) is 0 Å². The second-order valence-electron chi connectivity index (χ2n) is 4.51. The maximum absolute atomic E-state index is 6.56. The zero-order chi connectivity index (χ0) is 13.8. The summed E-state index contributed by atoms with van der Waals surface area (Å²) in [5, 5.41) is -0.0782. The van der Waals surface area contributed by atoms with Crippen LogP contribution >= 0.6 is 27.5 Å². The number of para-hydroxylation sites is 1. The van der Waals surface area contributed by atoms with Crippen molar-refractivity contribution in [1.82, 2.24) is 0 Å². The smallest absolute Gasteiger partial charge is 0.122 e. The van der Waals surface area contributed by atoms with Crippen molar-refractivity contribution in [1.29, 1.82) is 0 Å². The fourth-order valence-corrected chi connectivity index (χ4v) is 3.08. The van der Waals surface area contributed by atoms with Gasteiger partial charge in [0.1, 0.15) is 5.75 Å². The number of hydrogen-bond donors (Lipinski definition) is 0. The van der Waals surface area contributed by atoms with Crippen LogP contribution in [0.15, 0.2) is 46.9 Å². The number of hydrogen-bond acceptors (Lipinski definition) is 1. The molecular weight excluding hydrogens is 324 g/mol. The summed E-state index contributed by atoms with van der Waals surface area (Å²) < 4.78 is 6.41. The highest BCUT2D eigenvalue weighted by atomic mass is 79.9. The predicted molar refractivity (Wildman–Crippen MR) is 84.2 cm³/mol. The normalized spacial score (nSPS) is 12.2. The van der Waals surface area contributed by atoms with E-state index in [0.717, 1.165) is 27.8 Å². The van der Waals surface area contributed by atoms with E-state index in [1.54, 1.807) is 7.11 Å². The molecular formula is C16H16BrClO. The zero-order valence-corrected chi connectivity index (χ0v) is 13.3. The molecule has 0 aromatic heterocycles. The van der Waals surface area contributed by atoms with Crippen molar-refractivity contribution < 1.29 is 4.74 Å². The monoisotopic (exact) mass is 338 g/mol. The maximum atomic E-state index is 6.56. The topological polar surface area (TPSA) is 9.23 Å². The van der Waals surface area contributed by atoms with Gasteiger partial charge < -0.3 is 4.74 Å². The molecule has 100 valence electrons. The number of alkyl halides is 1. The molecule has 1 atom stereocenters. The van der Waals surface area contributed by atoms with Gasteiger partial charge in [-0.3, -0.25) is 0 Å². The summed E-state index contributed by atoms with van der Waals surface area (Å²) in [6.07, 6.45) is 0.744. The Morgan fingerprint density at radius 1 is 1.21 bits per heavy atom. The summed E-state index contributed by atoms with van der Waals surface area (Å²) in [6.45, 7) is 2.07. The molecule has 0 saturated heterocycles. The minimum atomic E-state index is -0.0782. The van der Waals surface area contributed by atoms with Crippen LogP contribution in [0.3, 0.4) is 0 Å². The predicted octanol–water partition coefficient (Wildman–Crippen LogP) is 5.29. The largest absolute Gasteiger partial charge is 0.496 e. The van der Waals surface area contributed by atoms with E-state index in [1.165, 1.54) is 5.56 Å². The van der Waals surface area contributed by atoms with Crippen molar-refractivity contribution in [2.45, 2.75) is 18.7 Å². The van der Waals surface area contributed by atoms with Gasteiger partial charge in [-0.15, -0.1) is 11.6 Å². The fraction of sp³-hybridized carbons (Fsp3) is 0.250. The second kappa shape index (κ2) is 6.44. The zero-order valence-electron chi connectivity index (χ0n) is 11.0. The van der Waals surface area contributed by atoms with Gasteiger partial charge in [0.25, 0.3) is 0 Å². The molecule has 0 saturated carbocycles. The first-order valence-corrected chi connectivity index (χ1v) is 7.36. The average molecular weight is 340 g/mol. The molecule has 1 unspecified atom stereocenters. The summed E-state index contributed by atoms with van der Waals surface area (Å²) in [5.74, 6) is 0.886. The van der Waals surface area contributed by atoms with E-state index < -0.39 is 0 Å². The molecule has 0 aliphatic carbocycles. The van der Waals surface area contributed by atoms with E-state index in [2.05, 4.69) is 41.1 Å². The molecule has 0 aliphatic heterocycles. The lowest BCUT2D eigenvalue weighted by atomic mass is 10.0. The Balaban J connectivity index is 2.25. The molecule has 0 radical (unpaired) electrons. The lowest BCUT2D eigenvalue weighted by molar-refractivity contribution is 0.409. The highest BCUT2D eigenvalue weighted by molar-refractivity contribution is 9.10. The second-order valence-corrected chi connectivity index (χ2v) is 5.89. The average Bonchev–Trinajstić information content (AvgIpc) is 2.42. The first kappa shape index (κ1) is 14.4. The van der Waals surface area contributed by atoms with Crippen molar-refractivity contribution in [3.63, 3.8) is 0 Å². The fourth-order valence-electron chi connectivity index (χ4n) is 2.08. The SMILES string of the molecule is COc1ccccc1CC(Cl)c1cc(C)ccc1Br. The van der Waals surface area contributed by atoms with Crippen LogP contribution < -0.4 is 4.74 Å². The third-order valence-corrected chi connectivity index (χ3v) is 4.19. The first-order chi connectivity index (χ1) is 9.11. The number of halogens is 2. The summed E-state index contributed by atoms with van der Waals surface area (Å²) in [5.41, 5.74) is 3.45. The summed E-state index contributed by atoms with van der Waals surface area (Å²) in [4.78, 5) is 0. The van der Waals surface area contributed by atoms with Gasteiger partial charge in [0, 0.05) is 4.47 Å². The van der Waals surface area contributed by atoms with E-state index in [0.29, 0.717) is 0 Å². The molecule has 2 rings (SSSR count). The Morgan fingerprint density at radius 2 is 1.95 bits per heavy atom. The Bertz CT molecular complexity index is 568. The molecule has 19 heavy (non-hydrogen) atoms. The highest BCUT2D eigenvalue weighted by Crippen LogP contribution is 2.33. The Labute approximate surface area is 127 Å². The van der Waals surface area contributed by atoms with Gasteiger partial charge in [0.15, 0.2) is 0 Å². The van der Waals surface area contributed by atoms with Crippen molar-refractivity contribution in [2.75, 3.05) is 7.11 Å². The Kier molecular flexibility index (Phi) is 4.89. The molecule has 0 bridgehead atoms. The maximum Gasteiger partial charge on any atom is 0.122 e. The third kappa shape index (κ3) is 3.52. The van der Waals surface area contributed by atoms with Crippen LogP contribution in [0.4, 0.5) is 0 Å². The van der Waals surface area contributed by atoms with Crippen LogP contribution in [0.25, 0.3) is 0 Å². The van der Waals surface area contributed by atoms with Crippen LogP contribution in [0.1, 0.15) is 22.1 Å². The molecule has 1 nitrogen and oxygen atoms in total. The molecule has 0 fully saturated rings. The molecule has 0 spiro atoms. The van der Waals surface area contributed by atoms with Gasteiger partial charge >= 0.3 is 0 Å². The number of benzene rings is 2. The highest BCUT2D eigenvalue weighted by Gasteiger charge is 2.14. The van der Waals surface area contributed by atoms with Gasteiger partial charge in [-0.05, 0) is 36.6 Å². The number of methoxy groups -OCH3 is 1. The number of rotatable bonds is 4.